The molecule has 5 heteroatoms. The molecule has 3 rings (SSSR count). The van der Waals surface area contributed by atoms with Gasteiger partial charge in [0.15, 0.2) is 0 Å². The number of benzene rings is 1. The van der Waals surface area contributed by atoms with E-state index in [4.69, 9.17) is 4.74 Å². The molecule has 0 spiro atoms. The Hall–Kier alpha value is -1.49. The number of hydrogen-bond donors (Lipinski definition) is 1. The van der Waals surface area contributed by atoms with E-state index in [1.807, 2.05) is 18.2 Å². The minimum Gasteiger partial charge on any atom is -0.500 e. The highest BCUT2D eigenvalue weighted by molar-refractivity contribution is 9.10. The standard InChI is InChI=1S/C15H17BrN2O2/c16-13-3-1-2-4-14(13)18-7-5-12(9-18)17-15(19)11-6-8-20-10-11/h1-4,10,12H,5-9H2,(H,17,19)/t12-/m1/s1. The third-order valence-electron chi connectivity index (χ3n) is 3.72. The van der Waals surface area contributed by atoms with Crippen molar-refractivity contribution in [2.45, 2.75) is 18.9 Å². The van der Waals surface area contributed by atoms with Crippen LogP contribution in [-0.2, 0) is 9.53 Å². The molecule has 0 bridgehead atoms. The molecule has 0 radical (unpaired) electrons. The number of anilines is 1. The predicted molar refractivity (Wildman–Crippen MR) is 81.6 cm³/mol. The first-order valence-corrected chi connectivity index (χ1v) is 7.64. The quantitative estimate of drug-likeness (QED) is 0.921. The van der Waals surface area contributed by atoms with E-state index in [0.29, 0.717) is 13.0 Å². The summed E-state index contributed by atoms with van der Waals surface area (Å²) in [6.45, 7) is 2.43. The van der Waals surface area contributed by atoms with Gasteiger partial charge in [-0.1, -0.05) is 12.1 Å². The van der Waals surface area contributed by atoms with Crippen molar-refractivity contribution in [2.24, 2.45) is 0 Å². The van der Waals surface area contributed by atoms with Crippen LogP contribution in [0, 0.1) is 0 Å². The number of hydrogen-bond acceptors (Lipinski definition) is 3. The normalized spacial score (nSPS) is 21.6. The fraction of sp³-hybridized carbons (Fsp3) is 0.400. The Morgan fingerprint density at radius 2 is 2.25 bits per heavy atom. The first-order chi connectivity index (χ1) is 9.74. The molecular formula is C15H17BrN2O2. The van der Waals surface area contributed by atoms with Crippen LogP contribution >= 0.6 is 15.9 Å². The number of nitrogens with zero attached hydrogens (tertiary/aromatic N) is 1. The Morgan fingerprint density at radius 3 is 3.00 bits per heavy atom. The lowest BCUT2D eigenvalue weighted by atomic mass is 10.2. The average molecular weight is 337 g/mol. The lowest BCUT2D eigenvalue weighted by Crippen LogP contribution is -2.37. The van der Waals surface area contributed by atoms with E-state index in [-0.39, 0.29) is 11.9 Å². The van der Waals surface area contributed by atoms with Gasteiger partial charge < -0.3 is 15.0 Å². The molecule has 20 heavy (non-hydrogen) atoms. The summed E-state index contributed by atoms with van der Waals surface area (Å²) >= 11 is 3.58. The number of carbonyl (C=O) groups excluding carboxylic acids is 1. The Kier molecular flexibility index (Phi) is 3.96. The van der Waals surface area contributed by atoms with Crippen LogP contribution in [0.5, 0.6) is 0 Å². The van der Waals surface area contributed by atoms with Crippen molar-refractivity contribution >= 4 is 27.5 Å². The molecule has 1 N–H and O–H groups in total. The van der Waals surface area contributed by atoms with Gasteiger partial charge in [0.25, 0.3) is 5.91 Å². The van der Waals surface area contributed by atoms with E-state index in [1.165, 1.54) is 5.69 Å². The van der Waals surface area contributed by atoms with Crippen molar-refractivity contribution < 1.29 is 9.53 Å². The highest BCUT2D eigenvalue weighted by Gasteiger charge is 2.26. The SMILES string of the molecule is O=C(N[C@@H]1CCN(c2ccccc2Br)C1)C1=COCC1. The van der Waals surface area contributed by atoms with Crippen LogP contribution in [0.2, 0.25) is 0 Å². The summed E-state index contributed by atoms with van der Waals surface area (Å²) in [5.74, 6) is 0.0153. The third-order valence-corrected chi connectivity index (χ3v) is 4.39. The molecule has 1 aromatic carbocycles. The second kappa shape index (κ2) is 5.87. The summed E-state index contributed by atoms with van der Waals surface area (Å²) < 4.78 is 6.21. The smallest absolute Gasteiger partial charge is 0.250 e. The number of carbonyl (C=O) groups is 1. The highest BCUT2D eigenvalue weighted by Crippen LogP contribution is 2.28. The van der Waals surface area contributed by atoms with Gasteiger partial charge >= 0.3 is 0 Å². The second-order valence-electron chi connectivity index (χ2n) is 5.12. The minimum absolute atomic E-state index is 0.0153. The van der Waals surface area contributed by atoms with Gasteiger partial charge in [-0.3, -0.25) is 4.79 Å². The number of rotatable bonds is 3. The topological polar surface area (TPSA) is 41.6 Å². The van der Waals surface area contributed by atoms with Gasteiger partial charge in [0.05, 0.1) is 24.1 Å². The maximum Gasteiger partial charge on any atom is 0.250 e. The van der Waals surface area contributed by atoms with Crippen LogP contribution in [0.4, 0.5) is 5.69 Å². The molecule has 4 nitrogen and oxygen atoms in total. The zero-order valence-corrected chi connectivity index (χ0v) is 12.7. The summed E-state index contributed by atoms with van der Waals surface area (Å²) in [7, 11) is 0. The molecule has 1 atom stereocenters. The molecule has 1 aromatic rings. The summed E-state index contributed by atoms with van der Waals surface area (Å²) in [5, 5.41) is 3.10. The van der Waals surface area contributed by atoms with Crippen LogP contribution in [0.1, 0.15) is 12.8 Å². The number of para-hydroxylation sites is 1. The predicted octanol–water partition coefficient (Wildman–Crippen LogP) is 2.45. The molecule has 0 aromatic heterocycles. The molecule has 1 saturated heterocycles. The maximum atomic E-state index is 12.0. The molecular weight excluding hydrogens is 320 g/mol. The fourth-order valence-electron chi connectivity index (χ4n) is 2.64. The zero-order valence-electron chi connectivity index (χ0n) is 11.1. The molecule has 1 fully saturated rings. The monoisotopic (exact) mass is 336 g/mol. The number of halogens is 1. The molecule has 0 unspecified atom stereocenters. The van der Waals surface area contributed by atoms with Gasteiger partial charge in [0.1, 0.15) is 0 Å². The first-order valence-electron chi connectivity index (χ1n) is 6.85. The van der Waals surface area contributed by atoms with Crippen LogP contribution in [0.25, 0.3) is 0 Å². The van der Waals surface area contributed by atoms with Crippen molar-refractivity contribution in [1.29, 1.82) is 0 Å². The Morgan fingerprint density at radius 1 is 1.40 bits per heavy atom. The highest BCUT2D eigenvalue weighted by atomic mass is 79.9. The van der Waals surface area contributed by atoms with E-state index in [2.05, 4.69) is 32.2 Å². The van der Waals surface area contributed by atoms with Crippen molar-refractivity contribution in [2.75, 3.05) is 24.6 Å². The Balaban J connectivity index is 1.60. The van der Waals surface area contributed by atoms with Crippen molar-refractivity contribution in [3.05, 3.63) is 40.6 Å². The van der Waals surface area contributed by atoms with E-state index >= 15 is 0 Å². The van der Waals surface area contributed by atoms with Crippen LogP contribution < -0.4 is 10.2 Å². The first kappa shape index (κ1) is 13.5. The molecule has 2 aliphatic heterocycles. The molecule has 106 valence electrons. The number of nitrogens with one attached hydrogen (secondary N) is 1. The molecule has 2 heterocycles. The zero-order chi connectivity index (χ0) is 13.9. The van der Waals surface area contributed by atoms with Crippen LogP contribution in [0.3, 0.4) is 0 Å². The molecule has 0 saturated carbocycles. The summed E-state index contributed by atoms with van der Waals surface area (Å²) in [6, 6.07) is 8.39. The lowest BCUT2D eigenvalue weighted by molar-refractivity contribution is -0.118. The second-order valence-corrected chi connectivity index (χ2v) is 5.97. The Bertz CT molecular complexity index is 544. The van der Waals surface area contributed by atoms with E-state index in [0.717, 1.165) is 29.6 Å². The number of ether oxygens (including phenoxy) is 1. The van der Waals surface area contributed by atoms with E-state index in [1.54, 1.807) is 6.26 Å². The number of amides is 1. The van der Waals surface area contributed by atoms with Gasteiger partial charge in [0, 0.05) is 30.0 Å². The largest absolute Gasteiger partial charge is 0.500 e. The van der Waals surface area contributed by atoms with Crippen molar-refractivity contribution in [1.82, 2.24) is 5.32 Å². The average Bonchev–Trinajstić information content (AvgIpc) is 3.10. The van der Waals surface area contributed by atoms with Crippen molar-refractivity contribution in [3.8, 4) is 0 Å². The van der Waals surface area contributed by atoms with Gasteiger partial charge in [-0.2, -0.15) is 0 Å². The van der Waals surface area contributed by atoms with Gasteiger partial charge in [-0.05, 0) is 34.5 Å². The third kappa shape index (κ3) is 2.82. The van der Waals surface area contributed by atoms with E-state index < -0.39 is 0 Å². The summed E-state index contributed by atoms with van der Waals surface area (Å²) in [5.41, 5.74) is 1.94. The van der Waals surface area contributed by atoms with Gasteiger partial charge in [0.2, 0.25) is 0 Å². The maximum absolute atomic E-state index is 12.0. The molecule has 2 aliphatic rings. The van der Waals surface area contributed by atoms with E-state index in [9.17, 15) is 4.79 Å². The minimum atomic E-state index is 0.0153. The summed E-state index contributed by atoms with van der Waals surface area (Å²) in [4.78, 5) is 14.3. The van der Waals surface area contributed by atoms with Crippen LogP contribution in [-0.4, -0.2) is 31.6 Å². The molecule has 1 amide bonds. The van der Waals surface area contributed by atoms with Crippen LogP contribution in [0.15, 0.2) is 40.6 Å². The molecule has 0 aliphatic carbocycles. The van der Waals surface area contributed by atoms with Gasteiger partial charge in [-0.15, -0.1) is 0 Å². The lowest BCUT2D eigenvalue weighted by Gasteiger charge is -2.20. The van der Waals surface area contributed by atoms with Crippen molar-refractivity contribution in [3.63, 3.8) is 0 Å². The summed E-state index contributed by atoms with van der Waals surface area (Å²) in [6.07, 6.45) is 3.27. The van der Waals surface area contributed by atoms with Gasteiger partial charge in [-0.25, -0.2) is 0 Å². The Labute approximate surface area is 126 Å². The fourth-order valence-corrected chi connectivity index (χ4v) is 3.17.